The molecule has 1 N–H and O–H groups in total. The fraction of sp³-hybridized carbons (Fsp3) is 0.556. The third-order valence-corrected chi connectivity index (χ3v) is 5.33. The van der Waals surface area contributed by atoms with E-state index in [2.05, 4.69) is 0 Å². The monoisotopic (exact) mass is 319 g/mol. The highest BCUT2D eigenvalue weighted by molar-refractivity contribution is 5.74. The summed E-state index contributed by atoms with van der Waals surface area (Å²) in [6, 6.07) is 5.58. The number of carbonyl (C=O) groups is 2. The maximum absolute atomic E-state index is 13.5. The number of carboxylic acid groups (broad SMARTS) is 1. The molecule has 1 heterocycles. The van der Waals surface area contributed by atoms with Crippen LogP contribution in [-0.4, -0.2) is 40.9 Å². The SMILES string of the molecule is CC1[C@H](C=O)[C@@H](c2cccc(F)c2)CN1[C@H](CC1CC1)C(=O)O. The molecule has 3 rings (SSSR count). The van der Waals surface area contributed by atoms with Crippen molar-refractivity contribution in [3.63, 3.8) is 0 Å². The number of aldehydes is 1. The Kier molecular flexibility index (Phi) is 4.48. The van der Waals surface area contributed by atoms with E-state index in [1.165, 1.54) is 12.1 Å². The van der Waals surface area contributed by atoms with Crippen LogP contribution in [0, 0.1) is 17.7 Å². The number of rotatable bonds is 6. The molecule has 5 heteroatoms. The second kappa shape index (κ2) is 6.40. The minimum absolute atomic E-state index is 0.152. The van der Waals surface area contributed by atoms with Gasteiger partial charge in [0.05, 0.1) is 0 Å². The van der Waals surface area contributed by atoms with Crippen molar-refractivity contribution in [2.45, 2.75) is 44.2 Å². The Balaban J connectivity index is 1.85. The van der Waals surface area contributed by atoms with E-state index in [1.807, 2.05) is 17.9 Å². The maximum Gasteiger partial charge on any atom is 0.320 e. The summed E-state index contributed by atoms with van der Waals surface area (Å²) >= 11 is 0. The molecule has 2 aliphatic rings. The summed E-state index contributed by atoms with van der Waals surface area (Å²) in [6.07, 6.45) is 3.73. The van der Waals surface area contributed by atoms with Gasteiger partial charge in [-0.25, -0.2) is 4.39 Å². The summed E-state index contributed by atoms with van der Waals surface area (Å²) in [5.41, 5.74) is 0.770. The van der Waals surface area contributed by atoms with Crippen molar-refractivity contribution in [2.24, 2.45) is 11.8 Å². The Morgan fingerprint density at radius 2 is 2.22 bits per heavy atom. The molecule has 1 aliphatic carbocycles. The van der Waals surface area contributed by atoms with Gasteiger partial charge in [-0.2, -0.15) is 0 Å². The summed E-state index contributed by atoms with van der Waals surface area (Å²) in [5.74, 6) is -1.12. The van der Waals surface area contributed by atoms with Gasteiger partial charge >= 0.3 is 5.97 Å². The van der Waals surface area contributed by atoms with Crippen molar-refractivity contribution in [1.29, 1.82) is 0 Å². The van der Waals surface area contributed by atoms with Crippen molar-refractivity contribution >= 4 is 12.3 Å². The van der Waals surface area contributed by atoms with Crippen LogP contribution in [0.25, 0.3) is 0 Å². The zero-order valence-corrected chi connectivity index (χ0v) is 13.2. The number of benzene rings is 1. The fourth-order valence-electron chi connectivity index (χ4n) is 3.80. The van der Waals surface area contributed by atoms with Crippen molar-refractivity contribution in [3.8, 4) is 0 Å². The highest BCUT2D eigenvalue weighted by Gasteiger charge is 2.45. The van der Waals surface area contributed by atoms with Gasteiger partial charge < -0.3 is 9.90 Å². The third kappa shape index (κ3) is 3.29. The molecule has 0 amide bonds. The molecular weight excluding hydrogens is 297 g/mol. The van der Waals surface area contributed by atoms with Gasteiger partial charge in [-0.15, -0.1) is 0 Å². The molecular formula is C18H22FNO3. The first-order valence-electron chi connectivity index (χ1n) is 8.20. The Morgan fingerprint density at radius 1 is 1.48 bits per heavy atom. The van der Waals surface area contributed by atoms with Crippen LogP contribution < -0.4 is 0 Å². The van der Waals surface area contributed by atoms with Crippen LogP contribution in [-0.2, 0) is 9.59 Å². The van der Waals surface area contributed by atoms with E-state index in [0.717, 1.165) is 24.7 Å². The topological polar surface area (TPSA) is 57.6 Å². The molecule has 1 saturated carbocycles. The van der Waals surface area contributed by atoms with Crippen LogP contribution in [0.3, 0.4) is 0 Å². The lowest BCUT2D eigenvalue weighted by Gasteiger charge is -2.29. The van der Waals surface area contributed by atoms with E-state index in [9.17, 15) is 19.1 Å². The van der Waals surface area contributed by atoms with E-state index in [1.54, 1.807) is 6.07 Å². The summed E-state index contributed by atoms with van der Waals surface area (Å²) in [6.45, 7) is 2.39. The first-order chi connectivity index (χ1) is 11.0. The summed E-state index contributed by atoms with van der Waals surface area (Å²) < 4.78 is 13.5. The van der Waals surface area contributed by atoms with Gasteiger partial charge in [0.1, 0.15) is 18.1 Å². The van der Waals surface area contributed by atoms with Gasteiger partial charge in [0, 0.05) is 24.4 Å². The predicted octanol–water partition coefficient (Wildman–Crippen LogP) is 2.68. The molecule has 4 atom stereocenters. The van der Waals surface area contributed by atoms with Gasteiger partial charge in [-0.3, -0.25) is 9.69 Å². The molecule has 23 heavy (non-hydrogen) atoms. The maximum atomic E-state index is 13.5. The molecule has 124 valence electrons. The van der Waals surface area contributed by atoms with Crippen LogP contribution in [0.1, 0.15) is 37.7 Å². The number of likely N-dealkylation sites (tertiary alicyclic amines) is 1. The Hall–Kier alpha value is -1.75. The zero-order valence-electron chi connectivity index (χ0n) is 13.2. The first kappa shape index (κ1) is 16.1. The van der Waals surface area contributed by atoms with Crippen LogP contribution in [0.4, 0.5) is 4.39 Å². The number of carboxylic acids is 1. The molecule has 2 fully saturated rings. The Bertz CT molecular complexity index is 602. The molecule has 1 unspecified atom stereocenters. The third-order valence-electron chi connectivity index (χ3n) is 5.33. The lowest BCUT2D eigenvalue weighted by Crippen LogP contribution is -2.44. The molecule has 4 nitrogen and oxygen atoms in total. The predicted molar refractivity (Wildman–Crippen MR) is 83.6 cm³/mol. The first-order valence-corrected chi connectivity index (χ1v) is 8.20. The number of nitrogens with zero attached hydrogens (tertiary/aromatic N) is 1. The zero-order chi connectivity index (χ0) is 16.6. The number of carbonyl (C=O) groups excluding carboxylic acids is 1. The molecule has 0 spiro atoms. The molecule has 0 bridgehead atoms. The van der Waals surface area contributed by atoms with Gasteiger partial charge in [0.2, 0.25) is 0 Å². The summed E-state index contributed by atoms with van der Waals surface area (Å²) in [7, 11) is 0. The Morgan fingerprint density at radius 3 is 2.78 bits per heavy atom. The van der Waals surface area contributed by atoms with Crippen molar-refractivity contribution in [2.75, 3.05) is 6.54 Å². The standard InChI is InChI=1S/C18H22FNO3/c1-11-16(10-21)15(13-3-2-4-14(19)8-13)9-20(11)17(18(22)23)7-12-5-6-12/h2-4,8,10-12,15-17H,5-7,9H2,1H3,(H,22,23)/t11?,15-,16+,17-/m1/s1. The van der Waals surface area contributed by atoms with Gasteiger partial charge in [-0.1, -0.05) is 25.0 Å². The molecule has 0 radical (unpaired) electrons. The lowest BCUT2D eigenvalue weighted by atomic mass is 9.87. The largest absolute Gasteiger partial charge is 0.480 e. The molecule has 1 aliphatic heterocycles. The molecule has 1 aromatic rings. The highest BCUT2D eigenvalue weighted by atomic mass is 19.1. The van der Waals surface area contributed by atoms with E-state index in [0.29, 0.717) is 18.9 Å². The van der Waals surface area contributed by atoms with E-state index >= 15 is 0 Å². The van der Waals surface area contributed by atoms with E-state index in [-0.39, 0.29) is 23.7 Å². The van der Waals surface area contributed by atoms with Gasteiger partial charge in [-0.05, 0) is 37.0 Å². The highest BCUT2D eigenvalue weighted by Crippen LogP contribution is 2.41. The van der Waals surface area contributed by atoms with Crippen LogP contribution in [0.2, 0.25) is 0 Å². The fourth-order valence-corrected chi connectivity index (χ4v) is 3.80. The second-order valence-corrected chi connectivity index (χ2v) is 6.85. The molecule has 0 aromatic heterocycles. The quantitative estimate of drug-likeness (QED) is 0.819. The minimum atomic E-state index is -0.826. The van der Waals surface area contributed by atoms with Gasteiger partial charge in [0.25, 0.3) is 0 Å². The molecule has 1 saturated heterocycles. The average molecular weight is 319 g/mol. The number of hydrogen-bond acceptors (Lipinski definition) is 3. The number of aliphatic carboxylic acids is 1. The smallest absolute Gasteiger partial charge is 0.320 e. The number of halogens is 1. The lowest BCUT2D eigenvalue weighted by molar-refractivity contribution is -0.144. The number of hydrogen-bond donors (Lipinski definition) is 1. The average Bonchev–Trinajstić information content (AvgIpc) is 3.27. The van der Waals surface area contributed by atoms with Crippen LogP contribution >= 0.6 is 0 Å². The van der Waals surface area contributed by atoms with Crippen molar-refractivity contribution in [1.82, 2.24) is 4.90 Å². The Labute approximate surface area is 135 Å². The van der Waals surface area contributed by atoms with E-state index < -0.39 is 12.0 Å². The van der Waals surface area contributed by atoms with E-state index in [4.69, 9.17) is 0 Å². The summed E-state index contributed by atoms with van der Waals surface area (Å²) in [5, 5.41) is 9.60. The normalized spacial score (nSPS) is 29.4. The van der Waals surface area contributed by atoms with Gasteiger partial charge in [0.15, 0.2) is 0 Å². The second-order valence-electron chi connectivity index (χ2n) is 6.85. The van der Waals surface area contributed by atoms with Crippen LogP contribution in [0.15, 0.2) is 24.3 Å². The van der Waals surface area contributed by atoms with Crippen LogP contribution in [0.5, 0.6) is 0 Å². The minimum Gasteiger partial charge on any atom is -0.480 e. The summed E-state index contributed by atoms with van der Waals surface area (Å²) in [4.78, 5) is 25.2. The van der Waals surface area contributed by atoms with Crippen molar-refractivity contribution < 1.29 is 19.1 Å². The molecule has 1 aromatic carbocycles. The van der Waals surface area contributed by atoms with Crippen molar-refractivity contribution in [3.05, 3.63) is 35.6 Å².